The van der Waals surface area contributed by atoms with Crippen LogP contribution < -0.4 is 5.73 Å². The van der Waals surface area contributed by atoms with E-state index in [0.717, 1.165) is 13.0 Å². The summed E-state index contributed by atoms with van der Waals surface area (Å²) < 4.78 is 0. The SMILES string of the molecule is Cc1cc(C2C(N)CCN2C(C)(C)C)c(C)s1. The van der Waals surface area contributed by atoms with Gasteiger partial charge in [0.15, 0.2) is 0 Å². The Morgan fingerprint density at radius 1 is 1.35 bits per heavy atom. The average Bonchev–Trinajstić information content (AvgIpc) is 2.68. The summed E-state index contributed by atoms with van der Waals surface area (Å²) in [6, 6.07) is 3.01. The second-order valence-corrected chi connectivity index (χ2v) is 7.59. The number of likely N-dealkylation sites (tertiary alicyclic amines) is 1. The van der Waals surface area contributed by atoms with Gasteiger partial charge in [-0.3, -0.25) is 4.90 Å². The molecule has 3 heteroatoms. The van der Waals surface area contributed by atoms with Gasteiger partial charge in [-0.25, -0.2) is 0 Å². The van der Waals surface area contributed by atoms with Crippen LogP contribution in [0.25, 0.3) is 0 Å². The van der Waals surface area contributed by atoms with Crippen LogP contribution in [0.3, 0.4) is 0 Å². The van der Waals surface area contributed by atoms with Crippen LogP contribution in [-0.4, -0.2) is 23.0 Å². The zero-order valence-corrected chi connectivity index (χ0v) is 12.4. The molecule has 0 radical (unpaired) electrons. The lowest BCUT2D eigenvalue weighted by Gasteiger charge is -2.38. The van der Waals surface area contributed by atoms with Gasteiger partial charge in [0, 0.05) is 27.9 Å². The van der Waals surface area contributed by atoms with Gasteiger partial charge < -0.3 is 5.73 Å². The van der Waals surface area contributed by atoms with Crippen molar-refractivity contribution in [2.75, 3.05) is 6.54 Å². The van der Waals surface area contributed by atoms with E-state index < -0.39 is 0 Å². The van der Waals surface area contributed by atoms with Crippen LogP contribution >= 0.6 is 11.3 Å². The van der Waals surface area contributed by atoms with Crippen LogP contribution in [-0.2, 0) is 0 Å². The number of hydrogen-bond acceptors (Lipinski definition) is 3. The Balaban J connectivity index is 2.37. The van der Waals surface area contributed by atoms with Crippen LogP contribution in [0.5, 0.6) is 0 Å². The fraction of sp³-hybridized carbons (Fsp3) is 0.714. The highest BCUT2D eigenvalue weighted by Gasteiger charge is 2.39. The Morgan fingerprint density at radius 2 is 2.00 bits per heavy atom. The Kier molecular flexibility index (Phi) is 3.36. The first kappa shape index (κ1) is 13.1. The number of thiophene rings is 1. The summed E-state index contributed by atoms with van der Waals surface area (Å²) in [5.41, 5.74) is 7.99. The largest absolute Gasteiger partial charge is 0.326 e. The molecule has 1 aliphatic heterocycles. The Hall–Kier alpha value is -0.380. The molecule has 2 nitrogen and oxygen atoms in total. The molecule has 0 aliphatic carbocycles. The fourth-order valence-electron chi connectivity index (χ4n) is 2.91. The molecular weight excluding hydrogens is 228 g/mol. The number of aryl methyl sites for hydroxylation is 2. The Labute approximate surface area is 109 Å². The third kappa shape index (κ3) is 2.42. The smallest absolute Gasteiger partial charge is 0.0515 e. The highest BCUT2D eigenvalue weighted by molar-refractivity contribution is 7.12. The van der Waals surface area contributed by atoms with Crippen molar-refractivity contribution >= 4 is 11.3 Å². The molecule has 2 rings (SSSR count). The molecule has 2 unspecified atom stereocenters. The maximum Gasteiger partial charge on any atom is 0.0515 e. The van der Waals surface area contributed by atoms with E-state index in [1.807, 2.05) is 11.3 Å². The molecule has 1 aromatic rings. The molecule has 2 heterocycles. The van der Waals surface area contributed by atoms with Crippen molar-refractivity contribution in [3.8, 4) is 0 Å². The Morgan fingerprint density at radius 3 is 2.47 bits per heavy atom. The van der Waals surface area contributed by atoms with Crippen LogP contribution in [0.4, 0.5) is 0 Å². The first-order valence-electron chi connectivity index (χ1n) is 6.40. The summed E-state index contributed by atoms with van der Waals surface area (Å²) in [6.07, 6.45) is 1.11. The molecule has 0 aromatic carbocycles. The van der Waals surface area contributed by atoms with E-state index in [0.29, 0.717) is 6.04 Å². The molecule has 17 heavy (non-hydrogen) atoms. The molecule has 96 valence electrons. The van der Waals surface area contributed by atoms with E-state index in [9.17, 15) is 0 Å². The third-order valence-corrected chi connectivity index (χ3v) is 4.69. The molecule has 0 saturated carbocycles. The molecular formula is C14H24N2S. The van der Waals surface area contributed by atoms with Crippen molar-refractivity contribution < 1.29 is 0 Å². The summed E-state index contributed by atoms with van der Waals surface area (Å²) in [5, 5.41) is 0. The van der Waals surface area contributed by atoms with Gasteiger partial charge in [-0.05, 0) is 52.7 Å². The van der Waals surface area contributed by atoms with Crippen LogP contribution in [0.2, 0.25) is 0 Å². The summed E-state index contributed by atoms with van der Waals surface area (Å²) in [6.45, 7) is 12.4. The van der Waals surface area contributed by atoms with Crippen molar-refractivity contribution in [2.45, 2.75) is 58.7 Å². The quantitative estimate of drug-likeness (QED) is 0.831. The van der Waals surface area contributed by atoms with E-state index in [-0.39, 0.29) is 11.6 Å². The van der Waals surface area contributed by atoms with Crippen molar-refractivity contribution in [3.63, 3.8) is 0 Å². The lowest BCUT2D eigenvalue weighted by molar-refractivity contribution is 0.117. The second-order valence-electron chi connectivity index (χ2n) is 6.13. The number of rotatable bonds is 1. The van der Waals surface area contributed by atoms with Gasteiger partial charge in [0.2, 0.25) is 0 Å². The summed E-state index contributed by atoms with van der Waals surface area (Å²) in [4.78, 5) is 5.39. The molecule has 1 saturated heterocycles. The third-order valence-electron chi connectivity index (χ3n) is 3.70. The molecule has 1 fully saturated rings. The van der Waals surface area contributed by atoms with Gasteiger partial charge in [0.05, 0.1) is 6.04 Å². The lowest BCUT2D eigenvalue weighted by atomic mass is 9.97. The Bertz CT molecular complexity index is 403. The molecule has 0 spiro atoms. The molecule has 1 aromatic heterocycles. The van der Waals surface area contributed by atoms with Gasteiger partial charge in [-0.2, -0.15) is 0 Å². The first-order chi connectivity index (χ1) is 7.80. The van der Waals surface area contributed by atoms with E-state index >= 15 is 0 Å². The van der Waals surface area contributed by atoms with Gasteiger partial charge >= 0.3 is 0 Å². The minimum atomic E-state index is 0.196. The number of nitrogens with zero attached hydrogens (tertiary/aromatic N) is 1. The maximum atomic E-state index is 6.34. The van der Waals surface area contributed by atoms with E-state index in [1.54, 1.807) is 0 Å². The van der Waals surface area contributed by atoms with Crippen molar-refractivity contribution in [1.29, 1.82) is 0 Å². The summed E-state index contributed by atoms with van der Waals surface area (Å²) in [5.74, 6) is 0. The van der Waals surface area contributed by atoms with E-state index in [2.05, 4.69) is 45.6 Å². The molecule has 2 N–H and O–H groups in total. The van der Waals surface area contributed by atoms with Gasteiger partial charge in [0.1, 0.15) is 0 Å². The molecule has 2 atom stereocenters. The van der Waals surface area contributed by atoms with Crippen molar-refractivity contribution in [1.82, 2.24) is 4.90 Å². The highest BCUT2D eigenvalue weighted by atomic mass is 32.1. The van der Waals surface area contributed by atoms with Crippen LogP contribution in [0.1, 0.15) is 48.6 Å². The summed E-state index contributed by atoms with van der Waals surface area (Å²) in [7, 11) is 0. The molecule has 1 aliphatic rings. The van der Waals surface area contributed by atoms with Crippen molar-refractivity contribution in [3.05, 3.63) is 21.4 Å². The topological polar surface area (TPSA) is 29.3 Å². The monoisotopic (exact) mass is 252 g/mol. The standard InChI is InChI=1S/C14H24N2S/c1-9-8-11(10(2)17-9)13-12(15)6-7-16(13)14(3,4)5/h8,12-13H,6-7,15H2,1-5H3. The van der Waals surface area contributed by atoms with Gasteiger partial charge in [-0.15, -0.1) is 11.3 Å². The molecule has 0 bridgehead atoms. The normalized spacial score (nSPS) is 26.7. The van der Waals surface area contributed by atoms with E-state index in [4.69, 9.17) is 5.73 Å². The minimum absolute atomic E-state index is 0.196. The predicted molar refractivity (Wildman–Crippen MR) is 75.6 cm³/mol. The fourth-order valence-corrected chi connectivity index (χ4v) is 3.88. The van der Waals surface area contributed by atoms with Gasteiger partial charge in [-0.1, -0.05) is 0 Å². The lowest BCUT2D eigenvalue weighted by Crippen LogP contribution is -2.43. The zero-order valence-electron chi connectivity index (χ0n) is 11.6. The number of hydrogen-bond donors (Lipinski definition) is 1. The summed E-state index contributed by atoms with van der Waals surface area (Å²) >= 11 is 1.89. The van der Waals surface area contributed by atoms with Gasteiger partial charge in [0.25, 0.3) is 0 Å². The maximum absolute atomic E-state index is 6.34. The first-order valence-corrected chi connectivity index (χ1v) is 7.21. The minimum Gasteiger partial charge on any atom is -0.326 e. The number of nitrogens with two attached hydrogens (primary N) is 1. The van der Waals surface area contributed by atoms with Crippen molar-refractivity contribution in [2.24, 2.45) is 5.73 Å². The average molecular weight is 252 g/mol. The zero-order chi connectivity index (χ0) is 12.8. The van der Waals surface area contributed by atoms with E-state index in [1.165, 1.54) is 15.3 Å². The molecule has 0 amide bonds. The second kappa shape index (κ2) is 4.38. The predicted octanol–water partition coefficient (Wildman–Crippen LogP) is 3.24. The van der Waals surface area contributed by atoms with Crippen LogP contribution in [0.15, 0.2) is 6.07 Å². The highest BCUT2D eigenvalue weighted by Crippen LogP contribution is 2.40. The van der Waals surface area contributed by atoms with Crippen LogP contribution in [0, 0.1) is 13.8 Å².